The highest BCUT2D eigenvalue weighted by Crippen LogP contribution is 2.15. The number of hydrogen-bond donors (Lipinski definition) is 2. The van der Waals surface area contributed by atoms with E-state index in [2.05, 4.69) is 14.7 Å². The van der Waals surface area contributed by atoms with E-state index in [9.17, 15) is 4.79 Å². The van der Waals surface area contributed by atoms with E-state index in [4.69, 9.17) is 10.9 Å². The van der Waals surface area contributed by atoms with Crippen molar-refractivity contribution in [1.82, 2.24) is 14.5 Å². The molecule has 0 spiro atoms. The van der Waals surface area contributed by atoms with E-state index in [1.165, 1.54) is 0 Å². The fourth-order valence-corrected chi connectivity index (χ4v) is 2.05. The Kier molecular flexibility index (Phi) is 5.02. The number of nitrogens with two attached hydrogens (primary N) is 1. The maximum absolute atomic E-state index is 12.3. The van der Waals surface area contributed by atoms with Crippen molar-refractivity contribution in [3.8, 4) is 0 Å². The van der Waals surface area contributed by atoms with Crippen LogP contribution in [0.15, 0.2) is 5.16 Å². The molecule has 0 fully saturated rings. The van der Waals surface area contributed by atoms with Gasteiger partial charge in [-0.2, -0.15) is 0 Å². The lowest BCUT2D eigenvalue weighted by molar-refractivity contribution is 0.0715. The molecule has 1 rings (SSSR count). The maximum atomic E-state index is 12.3. The van der Waals surface area contributed by atoms with Gasteiger partial charge in [0.1, 0.15) is 10.7 Å². The van der Waals surface area contributed by atoms with Gasteiger partial charge in [-0.15, -0.1) is 5.10 Å². The summed E-state index contributed by atoms with van der Waals surface area (Å²) in [5.41, 5.74) is 6.03. The molecule has 0 aliphatic rings. The zero-order chi connectivity index (χ0) is 13.7. The van der Waals surface area contributed by atoms with E-state index < -0.39 is 0 Å². The summed E-state index contributed by atoms with van der Waals surface area (Å²) in [6.07, 6.45) is 0.325. The van der Waals surface area contributed by atoms with E-state index in [0.29, 0.717) is 23.5 Å². The number of rotatable bonds is 5. The minimum atomic E-state index is -0.122. The summed E-state index contributed by atoms with van der Waals surface area (Å²) in [5.74, 6) is -0.0177. The Hall–Kier alpha value is -1.70. The lowest BCUT2D eigenvalue weighted by atomic mass is 10.2. The first-order valence-electron chi connectivity index (χ1n) is 5.53. The van der Waals surface area contributed by atoms with Crippen molar-refractivity contribution in [2.45, 2.75) is 33.2 Å². The third-order valence-corrected chi connectivity index (χ3v) is 3.28. The van der Waals surface area contributed by atoms with Gasteiger partial charge in [0, 0.05) is 19.0 Å². The summed E-state index contributed by atoms with van der Waals surface area (Å²) in [7, 11) is 0. The van der Waals surface area contributed by atoms with Crippen molar-refractivity contribution >= 4 is 23.3 Å². The Labute approximate surface area is 109 Å². The first-order chi connectivity index (χ1) is 8.47. The quantitative estimate of drug-likeness (QED) is 0.357. The smallest absolute Gasteiger partial charge is 0.267 e. The third-order valence-electron chi connectivity index (χ3n) is 2.47. The van der Waals surface area contributed by atoms with Crippen LogP contribution in [0, 0.1) is 6.92 Å². The van der Waals surface area contributed by atoms with Crippen LogP contribution < -0.4 is 5.73 Å². The van der Waals surface area contributed by atoms with Crippen LogP contribution in [-0.2, 0) is 0 Å². The van der Waals surface area contributed by atoms with E-state index in [-0.39, 0.29) is 17.8 Å². The number of hydrogen-bond acceptors (Lipinski definition) is 6. The topological polar surface area (TPSA) is 105 Å². The number of aromatic nitrogens is 2. The summed E-state index contributed by atoms with van der Waals surface area (Å²) in [4.78, 5) is 14.5. The number of nitrogens with zero attached hydrogens (tertiary/aromatic N) is 4. The molecule has 100 valence electrons. The standard InChI is InChI=1S/C10H17N5O2S/c1-6(2)15(5-4-8(11)13-17)10(16)9-7(3)12-14-18-9/h6,17H,4-5H2,1-3H3,(H2,11,13). The van der Waals surface area contributed by atoms with Gasteiger partial charge in [-0.3, -0.25) is 4.79 Å². The van der Waals surface area contributed by atoms with Gasteiger partial charge in [0.2, 0.25) is 0 Å². The second-order valence-electron chi connectivity index (χ2n) is 4.12. The first-order valence-corrected chi connectivity index (χ1v) is 6.31. The minimum absolute atomic E-state index is 0.0190. The van der Waals surface area contributed by atoms with Gasteiger partial charge < -0.3 is 15.8 Å². The second-order valence-corrected chi connectivity index (χ2v) is 4.88. The monoisotopic (exact) mass is 271 g/mol. The molecule has 0 aliphatic carbocycles. The molecule has 0 bridgehead atoms. The highest BCUT2D eigenvalue weighted by molar-refractivity contribution is 7.07. The minimum Gasteiger partial charge on any atom is -0.409 e. The zero-order valence-electron chi connectivity index (χ0n) is 10.6. The van der Waals surface area contributed by atoms with Gasteiger partial charge in [0.15, 0.2) is 0 Å². The van der Waals surface area contributed by atoms with Crippen molar-refractivity contribution in [1.29, 1.82) is 0 Å². The predicted molar refractivity (Wildman–Crippen MR) is 68.8 cm³/mol. The van der Waals surface area contributed by atoms with E-state index in [0.717, 1.165) is 11.5 Å². The highest BCUT2D eigenvalue weighted by atomic mass is 32.1. The van der Waals surface area contributed by atoms with Crippen LogP contribution in [0.5, 0.6) is 0 Å². The van der Waals surface area contributed by atoms with Gasteiger partial charge in [0.25, 0.3) is 5.91 Å². The summed E-state index contributed by atoms with van der Waals surface area (Å²) >= 11 is 1.08. The van der Waals surface area contributed by atoms with Gasteiger partial charge in [-0.1, -0.05) is 9.64 Å². The van der Waals surface area contributed by atoms with Crippen molar-refractivity contribution in [2.75, 3.05) is 6.54 Å². The average molecular weight is 271 g/mol. The summed E-state index contributed by atoms with van der Waals surface area (Å²) < 4.78 is 3.75. The largest absolute Gasteiger partial charge is 0.409 e. The van der Waals surface area contributed by atoms with Crippen LogP contribution in [0.4, 0.5) is 0 Å². The SMILES string of the molecule is Cc1nnsc1C(=O)N(CCC(N)=NO)C(C)C. The van der Waals surface area contributed by atoms with Crippen LogP contribution in [0.2, 0.25) is 0 Å². The Morgan fingerprint density at radius 1 is 1.61 bits per heavy atom. The molecule has 1 aromatic rings. The van der Waals surface area contributed by atoms with Crippen LogP contribution in [-0.4, -0.2) is 44.0 Å². The molecule has 1 amide bonds. The van der Waals surface area contributed by atoms with Crippen LogP contribution >= 0.6 is 11.5 Å². The normalized spacial score (nSPS) is 11.9. The molecule has 0 unspecified atom stereocenters. The first kappa shape index (κ1) is 14.4. The van der Waals surface area contributed by atoms with Gasteiger partial charge >= 0.3 is 0 Å². The molecule has 0 aliphatic heterocycles. The van der Waals surface area contributed by atoms with E-state index in [1.807, 2.05) is 13.8 Å². The molecule has 0 atom stereocenters. The number of oxime groups is 1. The molecule has 1 heterocycles. The van der Waals surface area contributed by atoms with E-state index in [1.54, 1.807) is 11.8 Å². The van der Waals surface area contributed by atoms with Gasteiger partial charge in [-0.25, -0.2) is 0 Å². The summed E-state index contributed by atoms with van der Waals surface area (Å²) in [5, 5.41) is 15.2. The third kappa shape index (κ3) is 3.39. The second kappa shape index (κ2) is 6.29. The van der Waals surface area contributed by atoms with E-state index >= 15 is 0 Å². The van der Waals surface area contributed by atoms with Crippen LogP contribution in [0.3, 0.4) is 0 Å². The molecular weight excluding hydrogens is 254 g/mol. The van der Waals surface area contributed by atoms with Gasteiger partial charge in [0.05, 0.1) is 5.69 Å². The number of aryl methyl sites for hydroxylation is 1. The Morgan fingerprint density at radius 2 is 2.28 bits per heavy atom. The fourth-order valence-electron chi connectivity index (χ4n) is 1.44. The maximum Gasteiger partial charge on any atom is 0.267 e. The molecule has 0 aromatic carbocycles. The van der Waals surface area contributed by atoms with Crippen molar-refractivity contribution < 1.29 is 10.0 Å². The molecule has 0 saturated carbocycles. The number of amides is 1. The van der Waals surface area contributed by atoms with Crippen molar-refractivity contribution in [3.63, 3.8) is 0 Å². The molecular formula is C10H17N5O2S. The highest BCUT2D eigenvalue weighted by Gasteiger charge is 2.22. The van der Waals surface area contributed by atoms with Crippen LogP contribution in [0.1, 0.15) is 35.6 Å². The Balaban J connectivity index is 2.80. The average Bonchev–Trinajstić information content (AvgIpc) is 2.74. The molecule has 1 aromatic heterocycles. The molecule has 0 radical (unpaired) electrons. The summed E-state index contributed by atoms with van der Waals surface area (Å²) in [6, 6.07) is 0.0190. The van der Waals surface area contributed by atoms with Gasteiger partial charge in [-0.05, 0) is 32.3 Å². The van der Waals surface area contributed by atoms with Crippen LogP contribution in [0.25, 0.3) is 0 Å². The number of carbonyl (C=O) groups excluding carboxylic acids is 1. The Bertz CT molecular complexity index is 443. The number of amidine groups is 1. The zero-order valence-corrected chi connectivity index (χ0v) is 11.4. The lowest BCUT2D eigenvalue weighted by Crippen LogP contribution is -2.39. The molecule has 18 heavy (non-hydrogen) atoms. The predicted octanol–water partition coefficient (Wildman–Crippen LogP) is 0.834. The number of carbonyl (C=O) groups is 1. The molecule has 0 saturated heterocycles. The molecule has 7 nitrogen and oxygen atoms in total. The lowest BCUT2D eigenvalue weighted by Gasteiger charge is -2.25. The van der Waals surface area contributed by atoms with Crippen molar-refractivity contribution in [3.05, 3.63) is 10.6 Å². The summed E-state index contributed by atoms with van der Waals surface area (Å²) in [6.45, 7) is 5.96. The Morgan fingerprint density at radius 3 is 2.72 bits per heavy atom. The molecule has 8 heteroatoms. The fraction of sp³-hybridized carbons (Fsp3) is 0.600. The molecule has 3 N–H and O–H groups in total. The van der Waals surface area contributed by atoms with Crippen molar-refractivity contribution in [2.24, 2.45) is 10.9 Å².